The van der Waals surface area contributed by atoms with E-state index in [-0.39, 0.29) is 17.9 Å². The Morgan fingerprint density at radius 1 is 1.13 bits per heavy atom. The average Bonchev–Trinajstić information content (AvgIpc) is 3.35. The van der Waals surface area contributed by atoms with Gasteiger partial charge in [-0.2, -0.15) is 0 Å². The molecule has 0 N–H and O–H groups in total. The molecule has 0 aliphatic carbocycles. The molecule has 3 aromatic rings. The maximum atomic E-state index is 13.0. The fourth-order valence-electron chi connectivity index (χ4n) is 5.24. The predicted octanol–water partition coefficient (Wildman–Crippen LogP) is 6.11. The second-order valence-electron chi connectivity index (χ2n) is 10.8. The normalized spacial score (nSPS) is 18.1. The summed E-state index contributed by atoms with van der Waals surface area (Å²) in [4.78, 5) is 27.3. The number of fused-ring (bicyclic) bond motifs is 1. The zero-order valence-corrected chi connectivity index (χ0v) is 23.0. The number of esters is 1. The van der Waals surface area contributed by atoms with Crippen molar-refractivity contribution < 1.29 is 23.8 Å². The molecule has 7 heteroatoms. The fraction of sp³-hybridized carbons (Fsp3) is 0.419. The van der Waals surface area contributed by atoms with Crippen LogP contribution < -0.4 is 4.74 Å². The third kappa shape index (κ3) is 5.56. The van der Waals surface area contributed by atoms with E-state index in [4.69, 9.17) is 20.6 Å². The Bertz CT molecular complexity index is 1370. The summed E-state index contributed by atoms with van der Waals surface area (Å²) in [5.74, 6) is 3.52. The molecule has 1 aliphatic rings. The highest BCUT2D eigenvalue weighted by Gasteiger charge is 2.31. The number of hydrogen-bond acceptors (Lipinski definition) is 6. The molecule has 1 aliphatic heterocycles. The standard InChI is InChI=1S/C31H36N2O5/c1-8-21-13-15-32(26(18-21)22-9-11-23(12-10-22)29(34)37-7)19-25-24-14-16-33(30(35)38-31(3,4)5)28(24)20(2)17-27(25)36-6/h1,9-12,14,16-17,21,26H,13,15,18-19H2,2-7H3/t21-,26-/m0/s1. The van der Waals surface area contributed by atoms with Crippen LogP contribution >= 0.6 is 0 Å². The van der Waals surface area contributed by atoms with Crippen molar-refractivity contribution in [1.29, 1.82) is 0 Å². The van der Waals surface area contributed by atoms with Crippen LogP contribution in [0.4, 0.5) is 4.79 Å². The molecule has 4 rings (SSSR count). The van der Waals surface area contributed by atoms with Gasteiger partial charge >= 0.3 is 12.1 Å². The summed E-state index contributed by atoms with van der Waals surface area (Å²) in [6.07, 6.45) is 8.90. The Morgan fingerprint density at radius 3 is 2.45 bits per heavy atom. The number of terminal acetylenes is 1. The smallest absolute Gasteiger partial charge is 0.419 e. The third-order valence-electron chi connectivity index (χ3n) is 7.07. The Labute approximate surface area is 224 Å². The predicted molar refractivity (Wildman–Crippen MR) is 147 cm³/mol. The van der Waals surface area contributed by atoms with Crippen LogP contribution in [0.15, 0.2) is 42.6 Å². The maximum Gasteiger partial charge on any atom is 0.419 e. The Hall–Kier alpha value is -3.76. The number of aryl methyl sites for hydroxylation is 1. The van der Waals surface area contributed by atoms with E-state index in [1.54, 1.807) is 30.0 Å². The minimum absolute atomic E-state index is 0.0606. The van der Waals surface area contributed by atoms with Crippen molar-refractivity contribution in [1.82, 2.24) is 9.47 Å². The van der Waals surface area contributed by atoms with Gasteiger partial charge in [0, 0.05) is 42.2 Å². The van der Waals surface area contributed by atoms with Gasteiger partial charge in [-0.05, 0) is 75.9 Å². The van der Waals surface area contributed by atoms with Gasteiger partial charge in [0.25, 0.3) is 0 Å². The number of nitrogens with zero attached hydrogens (tertiary/aromatic N) is 2. The largest absolute Gasteiger partial charge is 0.496 e. The minimum Gasteiger partial charge on any atom is -0.496 e. The first kappa shape index (κ1) is 27.3. The van der Waals surface area contributed by atoms with E-state index < -0.39 is 11.7 Å². The number of carbonyl (C=O) groups is 2. The minimum atomic E-state index is -0.602. The van der Waals surface area contributed by atoms with Crippen molar-refractivity contribution in [2.45, 2.75) is 58.7 Å². The SMILES string of the molecule is C#C[C@H]1CCN(Cc2c(OC)cc(C)c3c2ccn3C(=O)OC(C)(C)C)[C@H](c2ccc(C(=O)OC)cc2)C1. The molecule has 2 heterocycles. The van der Waals surface area contributed by atoms with Gasteiger partial charge in [0.2, 0.25) is 0 Å². The van der Waals surface area contributed by atoms with E-state index in [1.165, 1.54) is 7.11 Å². The summed E-state index contributed by atoms with van der Waals surface area (Å²) in [5.41, 5.74) is 3.74. The summed E-state index contributed by atoms with van der Waals surface area (Å²) in [7, 11) is 3.05. The summed E-state index contributed by atoms with van der Waals surface area (Å²) in [5, 5.41) is 0.951. The molecule has 0 radical (unpaired) electrons. The topological polar surface area (TPSA) is 70.0 Å². The van der Waals surface area contributed by atoms with Gasteiger partial charge in [0.1, 0.15) is 11.4 Å². The molecule has 0 saturated carbocycles. The quantitative estimate of drug-likeness (QED) is 0.301. The van der Waals surface area contributed by atoms with Crippen molar-refractivity contribution in [2.75, 3.05) is 20.8 Å². The second-order valence-corrected chi connectivity index (χ2v) is 10.8. The molecule has 0 spiro atoms. The first-order valence-corrected chi connectivity index (χ1v) is 12.9. The van der Waals surface area contributed by atoms with E-state index in [0.29, 0.717) is 12.1 Å². The number of piperidine rings is 1. The molecule has 0 bridgehead atoms. The molecule has 1 saturated heterocycles. The maximum absolute atomic E-state index is 13.0. The lowest BCUT2D eigenvalue weighted by atomic mass is 9.86. The number of methoxy groups -OCH3 is 2. The van der Waals surface area contributed by atoms with E-state index in [1.807, 2.05) is 52.0 Å². The van der Waals surface area contributed by atoms with Crippen molar-refractivity contribution in [3.05, 3.63) is 64.8 Å². The Balaban J connectivity index is 1.73. The highest BCUT2D eigenvalue weighted by molar-refractivity contribution is 5.95. The lowest BCUT2D eigenvalue weighted by Gasteiger charge is -2.39. The number of likely N-dealkylation sites (tertiary alicyclic amines) is 1. The van der Waals surface area contributed by atoms with Gasteiger partial charge < -0.3 is 14.2 Å². The Kier molecular flexibility index (Phi) is 7.84. The van der Waals surface area contributed by atoms with E-state index in [0.717, 1.165) is 52.7 Å². The Morgan fingerprint density at radius 2 is 1.84 bits per heavy atom. The van der Waals surface area contributed by atoms with Gasteiger partial charge in [0.05, 0.1) is 25.3 Å². The van der Waals surface area contributed by atoms with E-state index in [2.05, 4.69) is 10.8 Å². The summed E-state index contributed by atoms with van der Waals surface area (Å²) < 4.78 is 17.9. The zero-order chi connectivity index (χ0) is 27.6. The number of hydrogen-bond donors (Lipinski definition) is 0. The van der Waals surface area contributed by atoms with Crippen LogP contribution in [-0.4, -0.2) is 47.9 Å². The molecule has 2 atom stereocenters. The monoisotopic (exact) mass is 516 g/mol. The van der Waals surface area contributed by atoms with Crippen molar-refractivity contribution in [3.63, 3.8) is 0 Å². The second kappa shape index (κ2) is 10.9. The lowest BCUT2D eigenvalue weighted by Crippen LogP contribution is -2.36. The highest BCUT2D eigenvalue weighted by Crippen LogP contribution is 2.39. The number of aromatic nitrogens is 1. The average molecular weight is 517 g/mol. The van der Waals surface area contributed by atoms with Gasteiger partial charge in [-0.25, -0.2) is 9.59 Å². The number of ether oxygens (including phenoxy) is 3. The van der Waals surface area contributed by atoms with Crippen LogP contribution in [0.3, 0.4) is 0 Å². The van der Waals surface area contributed by atoms with Crippen LogP contribution in [0.2, 0.25) is 0 Å². The van der Waals surface area contributed by atoms with Crippen LogP contribution in [0.5, 0.6) is 5.75 Å². The molecule has 0 amide bonds. The molecule has 2 aromatic carbocycles. The first-order chi connectivity index (χ1) is 18.1. The highest BCUT2D eigenvalue weighted by atomic mass is 16.6. The first-order valence-electron chi connectivity index (χ1n) is 12.9. The number of rotatable bonds is 5. The molecular formula is C31H36N2O5. The summed E-state index contributed by atoms with van der Waals surface area (Å²) >= 11 is 0. The van der Waals surface area contributed by atoms with Crippen LogP contribution in [0.25, 0.3) is 10.9 Å². The van der Waals surface area contributed by atoms with Gasteiger partial charge in [-0.1, -0.05) is 12.1 Å². The molecule has 200 valence electrons. The fourth-order valence-corrected chi connectivity index (χ4v) is 5.24. The van der Waals surface area contributed by atoms with Crippen LogP contribution in [0, 0.1) is 25.2 Å². The van der Waals surface area contributed by atoms with Gasteiger partial charge in [-0.3, -0.25) is 9.47 Å². The molecular weight excluding hydrogens is 480 g/mol. The van der Waals surface area contributed by atoms with E-state index >= 15 is 0 Å². The zero-order valence-electron chi connectivity index (χ0n) is 23.0. The molecule has 1 fully saturated rings. The molecule has 1 aromatic heterocycles. The number of benzene rings is 2. The molecule has 38 heavy (non-hydrogen) atoms. The third-order valence-corrected chi connectivity index (χ3v) is 7.07. The molecule has 7 nitrogen and oxygen atoms in total. The molecule has 0 unspecified atom stereocenters. The van der Waals surface area contributed by atoms with Crippen molar-refractivity contribution in [2.24, 2.45) is 5.92 Å². The van der Waals surface area contributed by atoms with Gasteiger partial charge in [-0.15, -0.1) is 12.3 Å². The van der Waals surface area contributed by atoms with Crippen molar-refractivity contribution in [3.8, 4) is 18.1 Å². The van der Waals surface area contributed by atoms with Crippen molar-refractivity contribution >= 4 is 23.0 Å². The van der Waals surface area contributed by atoms with E-state index in [9.17, 15) is 9.59 Å². The van der Waals surface area contributed by atoms with Gasteiger partial charge in [0.15, 0.2) is 0 Å². The summed E-state index contributed by atoms with van der Waals surface area (Å²) in [6.45, 7) is 8.96. The number of carbonyl (C=O) groups excluding carboxylic acids is 2. The lowest BCUT2D eigenvalue weighted by molar-refractivity contribution is 0.0542. The van der Waals surface area contributed by atoms with Crippen LogP contribution in [0.1, 0.15) is 66.7 Å². The summed E-state index contributed by atoms with van der Waals surface area (Å²) in [6, 6.07) is 11.5. The van der Waals surface area contributed by atoms with Crippen LogP contribution in [-0.2, 0) is 16.0 Å².